The molecule has 4 rings (SSSR count). The molecule has 3 N–H and O–H groups in total. The Morgan fingerprint density at radius 2 is 1.69 bits per heavy atom. The summed E-state index contributed by atoms with van der Waals surface area (Å²) >= 11 is 0. The maximum Gasteiger partial charge on any atom is 0.324 e. The van der Waals surface area contributed by atoms with Crippen molar-refractivity contribution in [1.82, 2.24) is 9.62 Å². The van der Waals surface area contributed by atoms with Crippen molar-refractivity contribution in [3.63, 3.8) is 0 Å². The monoisotopic (exact) mass is 590 g/mol. The van der Waals surface area contributed by atoms with Crippen molar-refractivity contribution in [1.29, 1.82) is 5.26 Å². The Kier molecular flexibility index (Phi) is 9.31. The van der Waals surface area contributed by atoms with E-state index in [1.165, 1.54) is 23.4 Å². The van der Waals surface area contributed by atoms with Gasteiger partial charge in [-0.25, -0.2) is 8.42 Å². The zero-order chi connectivity index (χ0) is 30.5. The summed E-state index contributed by atoms with van der Waals surface area (Å²) in [7, 11) is -3.90. The Bertz CT molecular complexity index is 1560. The van der Waals surface area contributed by atoms with Crippen LogP contribution >= 0.6 is 0 Å². The Balaban J connectivity index is 1.46. The lowest BCUT2D eigenvalue weighted by Crippen LogP contribution is -2.64. The molecule has 3 aromatic carbocycles. The minimum absolute atomic E-state index is 0.0243. The summed E-state index contributed by atoms with van der Waals surface area (Å²) in [5.41, 5.74) is 6.99. The van der Waals surface area contributed by atoms with Gasteiger partial charge in [-0.15, -0.1) is 0 Å². The number of amides is 1. The molecule has 1 amide bonds. The van der Waals surface area contributed by atoms with E-state index < -0.39 is 39.6 Å². The van der Waals surface area contributed by atoms with Gasteiger partial charge in [0.05, 0.1) is 29.6 Å². The average molecular weight is 591 g/mol. The highest BCUT2D eigenvalue weighted by atomic mass is 32.2. The molecule has 1 unspecified atom stereocenters. The van der Waals surface area contributed by atoms with Gasteiger partial charge in [0.1, 0.15) is 11.8 Å². The van der Waals surface area contributed by atoms with E-state index >= 15 is 0 Å². The van der Waals surface area contributed by atoms with Crippen molar-refractivity contribution in [3.8, 4) is 11.8 Å². The fourth-order valence-corrected chi connectivity index (χ4v) is 6.21. The van der Waals surface area contributed by atoms with Gasteiger partial charge >= 0.3 is 5.97 Å². The number of benzene rings is 3. The van der Waals surface area contributed by atoms with E-state index in [1.54, 1.807) is 50.2 Å². The maximum atomic E-state index is 13.6. The van der Waals surface area contributed by atoms with Crippen LogP contribution in [0.25, 0.3) is 0 Å². The van der Waals surface area contributed by atoms with Gasteiger partial charge in [0.2, 0.25) is 10.0 Å². The van der Waals surface area contributed by atoms with Crippen LogP contribution in [0.2, 0.25) is 0 Å². The van der Waals surface area contributed by atoms with E-state index in [-0.39, 0.29) is 30.4 Å². The van der Waals surface area contributed by atoms with Gasteiger partial charge in [-0.3, -0.25) is 9.59 Å². The third kappa shape index (κ3) is 6.97. The van der Waals surface area contributed by atoms with Gasteiger partial charge in [-0.2, -0.15) is 9.57 Å². The molecule has 3 aromatic rings. The number of esters is 1. The van der Waals surface area contributed by atoms with Gasteiger partial charge in [-0.05, 0) is 74.7 Å². The Hall–Kier alpha value is -4.24. The van der Waals surface area contributed by atoms with Crippen LogP contribution in [0.5, 0.6) is 5.75 Å². The predicted molar refractivity (Wildman–Crippen MR) is 156 cm³/mol. The standard InChI is InChI=1S/C31H34N4O6S/c1-21(2)34-29(36)22(3)40-30(37)28(33)17-24-8-7-11-27(16-24)42(38,39)35-19-31(20-35,25-9-5-4-6-10-25)41-26-14-12-23(18-32)13-15-26/h4-16,21-22,28H,17,19-20,33H2,1-3H3,(H,34,36)/t22?,28-/m0/s1. The number of rotatable bonds is 11. The molecule has 0 aliphatic carbocycles. The molecule has 1 saturated heterocycles. The molecule has 220 valence electrons. The maximum absolute atomic E-state index is 13.6. The molecule has 0 bridgehead atoms. The fraction of sp³-hybridized carbons (Fsp3) is 0.323. The van der Waals surface area contributed by atoms with E-state index in [9.17, 15) is 18.0 Å². The number of nitrogens with two attached hydrogens (primary N) is 1. The largest absolute Gasteiger partial charge is 0.480 e. The smallest absolute Gasteiger partial charge is 0.324 e. The molecule has 2 atom stereocenters. The lowest BCUT2D eigenvalue weighted by atomic mass is 9.87. The van der Waals surface area contributed by atoms with Crippen LogP contribution in [0.3, 0.4) is 0 Å². The van der Waals surface area contributed by atoms with Crippen molar-refractivity contribution in [2.45, 2.75) is 55.9 Å². The van der Waals surface area contributed by atoms with E-state index in [1.807, 2.05) is 30.3 Å². The van der Waals surface area contributed by atoms with Crippen LogP contribution in [0.1, 0.15) is 37.5 Å². The molecule has 1 heterocycles. The molecular formula is C31H34N4O6S. The number of carbonyl (C=O) groups excluding carboxylic acids is 2. The summed E-state index contributed by atoms with van der Waals surface area (Å²) in [4.78, 5) is 24.6. The number of ether oxygens (including phenoxy) is 2. The highest BCUT2D eigenvalue weighted by Crippen LogP contribution is 2.40. The van der Waals surface area contributed by atoms with Crippen molar-refractivity contribution in [2.75, 3.05) is 13.1 Å². The highest BCUT2D eigenvalue weighted by molar-refractivity contribution is 7.89. The molecule has 10 nitrogen and oxygen atoms in total. The first-order valence-corrected chi connectivity index (χ1v) is 15.0. The predicted octanol–water partition coefficient (Wildman–Crippen LogP) is 2.86. The first-order valence-electron chi connectivity index (χ1n) is 13.5. The SMILES string of the molecule is CC(C)NC(=O)C(C)OC(=O)[C@@H](N)Cc1cccc(S(=O)(=O)N2CC(Oc3ccc(C#N)cc3)(c3ccccc3)C2)c1. The third-order valence-electron chi connectivity index (χ3n) is 6.85. The summed E-state index contributed by atoms with van der Waals surface area (Å²) < 4.78 is 40.1. The minimum Gasteiger partial charge on any atom is -0.480 e. The third-order valence-corrected chi connectivity index (χ3v) is 8.64. The number of nitriles is 1. The van der Waals surface area contributed by atoms with Crippen LogP contribution in [0.15, 0.2) is 83.8 Å². The van der Waals surface area contributed by atoms with Gasteiger partial charge < -0.3 is 20.5 Å². The summed E-state index contributed by atoms with van der Waals surface area (Å²) in [6.07, 6.45) is -0.989. The Labute approximate surface area is 246 Å². The normalized spacial score (nSPS) is 16.0. The molecule has 1 aliphatic heterocycles. The number of sulfonamides is 1. The molecule has 42 heavy (non-hydrogen) atoms. The second-order valence-corrected chi connectivity index (χ2v) is 12.5. The number of nitrogens with one attached hydrogen (secondary N) is 1. The van der Waals surface area contributed by atoms with Crippen molar-refractivity contribution < 1.29 is 27.5 Å². The lowest BCUT2D eigenvalue weighted by Gasteiger charge is -2.48. The van der Waals surface area contributed by atoms with Gasteiger partial charge in [0, 0.05) is 6.04 Å². The Morgan fingerprint density at radius 1 is 1.02 bits per heavy atom. The summed E-state index contributed by atoms with van der Waals surface area (Å²) in [6, 6.07) is 23.2. The molecule has 0 saturated carbocycles. The second kappa shape index (κ2) is 12.7. The number of hydrogen-bond acceptors (Lipinski definition) is 8. The van der Waals surface area contributed by atoms with Crippen molar-refractivity contribution >= 4 is 21.9 Å². The lowest BCUT2D eigenvalue weighted by molar-refractivity contribution is -0.156. The molecular weight excluding hydrogens is 556 g/mol. The van der Waals surface area contributed by atoms with E-state index in [0.29, 0.717) is 16.9 Å². The first kappa shape index (κ1) is 30.7. The zero-order valence-corrected chi connectivity index (χ0v) is 24.5. The molecule has 0 radical (unpaired) electrons. The number of carbonyl (C=O) groups is 2. The summed E-state index contributed by atoms with van der Waals surface area (Å²) in [5, 5.41) is 11.8. The minimum atomic E-state index is -3.90. The molecule has 1 aliphatic rings. The van der Waals surface area contributed by atoms with Crippen molar-refractivity contribution in [3.05, 3.63) is 95.6 Å². The van der Waals surface area contributed by atoms with Crippen LogP contribution in [-0.2, 0) is 36.4 Å². The van der Waals surface area contributed by atoms with Gasteiger partial charge in [0.25, 0.3) is 5.91 Å². The van der Waals surface area contributed by atoms with Crippen LogP contribution in [-0.4, -0.2) is 55.9 Å². The topological polar surface area (TPSA) is 152 Å². The first-order chi connectivity index (χ1) is 19.9. The van der Waals surface area contributed by atoms with E-state index in [0.717, 1.165) is 5.56 Å². The quantitative estimate of drug-likeness (QED) is 0.324. The summed E-state index contributed by atoms with van der Waals surface area (Å²) in [5.74, 6) is -0.665. The summed E-state index contributed by atoms with van der Waals surface area (Å²) in [6.45, 7) is 5.20. The van der Waals surface area contributed by atoms with Gasteiger partial charge in [-0.1, -0.05) is 42.5 Å². The van der Waals surface area contributed by atoms with E-state index in [4.69, 9.17) is 20.5 Å². The van der Waals surface area contributed by atoms with Crippen molar-refractivity contribution in [2.24, 2.45) is 5.73 Å². The second-order valence-electron chi connectivity index (χ2n) is 10.6. The number of hydrogen-bond donors (Lipinski definition) is 2. The average Bonchev–Trinajstić information content (AvgIpc) is 2.95. The van der Waals surface area contributed by atoms with E-state index in [2.05, 4.69) is 11.4 Å². The van der Waals surface area contributed by atoms with Crippen LogP contribution in [0.4, 0.5) is 0 Å². The fourth-order valence-electron chi connectivity index (χ4n) is 4.60. The number of nitrogens with zero attached hydrogens (tertiary/aromatic N) is 2. The Morgan fingerprint density at radius 3 is 2.31 bits per heavy atom. The van der Waals surface area contributed by atoms with Gasteiger partial charge in [0.15, 0.2) is 11.7 Å². The molecule has 0 spiro atoms. The zero-order valence-electron chi connectivity index (χ0n) is 23.7. The highest BCUT2D eigenvalue weighted by Gasteiger charge is 2.52. The van der Waals surface area contributed by atoms with Crippen LogP contribution < -0.4 is 15.8 Å². The van der Waals surface area contributed by atoms with Crippen LogP contribution in [0, 0.1) is 11.3 Å². The molecule has 1 fully saturated rings. The molecule has 0 aromatic heterocycles. The molecule has 11 heteroatoms.